The van der Waals surface area contributed by atoms with E-state index in [0.29, 0.717) is 0 Å². The molecule has 0 spiro atoms. The van der Waals surface area contributed by atoms with Gasteiger partial charge in [-0.3, -0.25) is 0 Å². The van der Waals surface area contributed by atoms with E-state index in [0.717, 1.165) is 31.2 Å². The number of ether oxygens (including phenoxy) is 1. The fourth-order valence-electron chi connectivity index (χ4n) is 2.56. The fraction of sp³-hybridized carbons (Fsp3) is 0.625. The number of nitrogens with one attached hydrogen (secondary N) is 1. The Bertz CT molecular complexity index is 327. The molecule has 0 bridgehead atoms. The van der Waals surface area contributed by atoms with Gasteiger partial charge in [-0.1, -0.05) is 25.5 Å². The highest BCUT2D eigenvalue weighted by Crippen LogP contribution is 2.15. The summed E-state index contributed by atoms with van der Waals surface area (Å²) in [6.07, 6.45) is 7.43. The molecule has 0 saturated carbocycles. The predicted octanol–water partition coefficient (Wildman–Crippen LogP) is 3.55. The minimum absolute atomic E-state index is 0.737. The van der Waals surface area contributed by atoms with Crippen LogP contribution in [0.1, 0.15) is 44.6 Å². The molecule has 1 atom stereocenters. The van der Waals surface area contributed by atoms with Crippen molar-refractivity contribution in [2.24, 2.45) is 0 Å². The summed E-state index contributed by atoms with van der Waals surface area (Å²) >= 11 is 0. The van der Waals surface area contributed by atoms with E-state index in [-0.39, 0.29) is 0 Å². The van der Waals surface area contributed by atoms with Crippen molar-refractivity contribution in [2.75, 3.05) is 13.2 Å². The van der Waals surface area contributed by atoms with Gasteiger partial charge in [-0.25, -0.2) is 0 Å². The van der Waals surface area contributed by atoms with Gasteiger partial charge < -0.3 is 10.1 Å². The first-order chi connectivity index (χ1) is 8.88. The van der Waals surface area contributed by atoms with Gasteiger partial charge in [0.15, 0.2) is 0 Å². The van der Waals surface area contributed by atoms with Crippen LogP contribution >= 0.6 is 0 Å². The molecule has 1 fully saturated rings. The molecule has 2 rings (SSSR count). The second kappa shape index (κ2) is 7.42. The summed E-state index contributed by atoms with van der Waals surface area (Å²) in [5.74, 6) is 1.01. The van der Waals surface area contributed by atoms with E-state index in [1.54, 1.807) is 0 Å². The van der Waals surface area contributed by atoms with Crippen LogP contribution < -0.4 is 10.1 Å². The van der Waals surface area contributed by atoms with Crippen molar-refractivity contribution in [2.45, 2.75) is 51.5 Å². The number of rotatable bonds is 7. The van der Waals surface area contributed by atoms with Crippen LogP contribution in [0.5, 0.6) is 5.75 Å². The van der Waals surface area contributed by atoms with E-state index < -0.39 is 0 Å². The number of hydrogen-bond donors (Lipinski definition) is 1. The molecule has 2 nitrogen and oxygen atoms in total. The third kappa shape index (κ3) is 4.34. The van der Waals surface area contributed by atoms with Crippen LogP contribution in [0.25, 0.3) is 0 Å². The topological polar surface area (TPSA) is 21.3 Å². The zero-order chi connectivity index (χ0) is 12.6. The molecule has 1 aromatic rings. The van der Waals surface area contributed by atoms with E-state index in [4.69, 9.17) is 4.74 Å². The summed E-state index contributed by atoms with van der Waals surface area (Å²) in [5.41, 5.74) is 1.40. The maximum Gasteiger partial charge on any atom is 0.119 e. The van der Waals surface area contributed by atoms with E-state index in [1.165, 1.54) is 37.8 Å². The summed E-state index contributed by atoms with van der Waals surface area (Å²) < 4.78 is 5.77. The van der Waals surface area contributed by atoms with Crippen LogP contribution in [-0.2, 0) is 6.42 Å². The Morgan fingerprint density at radius 1 is 1.28 bits per heavy atom. The van der Waals surface area contributed by atoms with Crippen LogP contribution in [0.2, 0.25) is 0 Å². The smallest absolute Gasteiger partial charge is 0.119 e. The Balaban J connectivity index is 1.63. The molecule has 1 heterocycles. The van der Waals surface area contributed by atoms with Crippen molar-refractivity contribution >= 4 is 0 Å². The molecule has 0 radical (unpaired) electrons. The lowest BCUT2D eigenvalue weighted by molar-refractivity contribution is 0.299. The van der Waals surface area contributed by atoms with Crippen LogP contribution in [0.4, 0.5) is 0 Å². The second-order valence-corrected chi connectivity index (χ2v) is 5.18. The lowest BCUT2D eigenvalue weighted by atomic mass is 10.1. The molecule has 0 aromatic heterocycles. The third-order valence-corrected chi connectivity index (χ3v) is 3.59. The molecular formula is C16H25NO. The predicted molar refractivity (Wildman–Crippen MR) is 76.2 cm³/mol. The molecule has 1 aliphatic rings. The first kappa shape index (κ1) is 13.4. The molecule has 1 aromatic carbocycles. The average molecular weight is 247 g/mol. The van der Waals surface area contributed by atoms with Crippen LogP contribution in [0.3, 0.4) is 0 Å². The Labute approximate surface area is 111 Å². The van der Waals surface area contributed by atoms with E-state index in [1.807, 2.05) is 0 Å². The molecule has 1 aliphatic heterocycles. The van der Waals surface area contributed by atoms with Gasteiger partial charge in [-0.05, 0) is 56.3 Å². The standard InChI is InChI=1S/C16H25NO/c1-2-5-14-8-10-16(11-9-14)18-13-4-7-15-6-3-12-17-15/h8-11,15,17H,2-7,12-13H2,1H3. The highest BCUT2D eigenvalue weighted by Gasteiger charge is 2.12. The zero-order valence-corrected chi connectivity index (χ0v) is 11.5. The van der Waals surface area contributed by atoms with Gasteiger partial charge in [0, 0.05) is 6.04 Å². The van der Waals surface area contributed by atoms with Crippen molar-refractivity contribution in [3.05, 3.63) is 29.8 Å². The van der Waals surface area contributed by atoms with Crippen molar-refractivity contribution in [1.82, 2.24) is 5.32 Å². The Kier molecular flexibility index (Phi) is 5.53. The number of aryl methyl sites for hydroxylation is 1. The Morgan fingerprint density at radius 3 is 2.78 bits per heavy atom. The van der Waals surface area contributed by atoms with Crippen LogP contribution in [-0.4, -0.2) is 19.2 Å². The molecule has 2 heteroatoms. The third-order valence-electron chi connectivity index (χ3n) is 3.59. The van der Waals surface area contributed by atoms with Gasteiger partial charge in [0.2, 0.25) is 0 Å². The minimum Gasteiger partial charge on any atom is -0.494 e. The van der Waals surface area contributed by atoms with Crippen LogP contribution in [0.15, 0.2) is 24.3 Å². The molecule has 1 unspecified atom stereocenters. The van der Waals surface area contributed by atoms with Gasteiger partial charge in [-0.15, -0.1) is 0 Å². The molecular weight excluding hydrogens is 222 g/mol. The second-order valence-electron chi connectivity index (χ2n) is 5.18. The summed E-state index contributed by atoms with van der Waals surface area (Å²) in [5, 5.41) is 3.52. The van der Waals surface area contributed by atoms with E-state index in [2.05, 4.69) is 36.5 Å². The molecule has 0 amide bonds. The monoisotopic (exact) mass is 247 g/mol. The quantitative estimate of drug-likeness (QED) is 0.744. The Morgan fingerprint density at radius 2 is 2.11 bits per heavy atom. The van der Waals surface area contributed by atoms with Gasteiger partial charge in [0.1, 0.15) is 5.75 Å². The highest BCUT2D eigenvalue weighted by molar-refractivity contribution is 5.27. The van der Waals surface area contributed by atoms with Crippen LogP contribution in [0, 0.1) is 0 Å². The maximum absolute atomic E-state index is 5.77. The minimum atomic E-state index is 0.737. The SMILES string of the molecule is CCCc1ccc(OCCCC2CCCN2)cc1. The van der Waals surface area contributed by atoms with Gasteiger partial charge in [0.25, 0.3) is 0 Å². The van der Waals surface area contributed by atoms with Gasteiger partial charge >= 0.3 is 0 Å². The first-order valence-corrected chi connectivity index (χ1v) is 7.33. The number of hydrogen-bond acceptors (Lipinski definition) is 2. The van der Waals surface area contributed by atoms with E-state index >= 15 is 0 Å². The van der Waals surface area contributed by atoms with Crippen molar-refractivity contribution in [3.63, 3.8) is 0 Å². The molecule has 0 aliphatic carbocycles. The largest absolute Gasteiger partial charge is 0.494 e. The lowest BCUT2D eigenvalue weighted by Crippen LogP contribution is -2.21. The molecule has 100 valence electrons. The number of benzene rings is 1. The summed E-state index contributed by atoms with van der Waals surface area (Å²) in [4.78, 5) is 0. The molecule has 18 heavy (non-hydrogen) atoms. The van der Waals surface area contributed by atoms with Crippen molar-refractivity contribution in [1.29, 1.82) is 0 Å². The van der Waals surface area contributed by atoms with Gasteiger partial charge in [-0.2, -0.15) is 0 Å². The Hall–Kier alpha value is -1.02. The lowest BCUT2D eigenvalue weighted by Gasteiger charge is -2.11. The summed E-state index contributed by atoms with van der Waals surface area (Å²) in [6.45, 7) is 4.25. The average Bonchev–Trinajstić information content (AvgIpc) is 2.90. The van der Waals surface area contributed by atoms with Crippen molar-refractivity contribution < 1.29 is 4.74 Å². The zero-order valence-electron chi connectivity index (χ0n) is 11.5. The van der Waals surface area contributed by atoms with Gasteiger partial charge in [0.05, 0.1) is 6.61 Å². The summed E-state index contributed by atoms with van der Waals surface area (Å²) in [7, 11) is 0. The molecule has 1 saturated heterocycles. The first-order valence-electron chi connectivity index (χ1n) is 7.33. The summed E-state index contributed by atoms with van der Waals surface area (Å²) in [6, 6.07) is 9.28. The maximum atomic E-state index is 5.77. The van der Waals surface area contributed by atoms with Crippen molar-refractivity contribution in [3.8, 4) is 5.75 Å². The fourth-order valence-corrected chi connectivity index (χ4v) is 2.56. The molecule has 1 N–H and O–H groups in total. The van der Waals surface area contributed by atoms with E-state index in [9.17, 15) is 0 Å². The highest BCUT2D eigenvalue weighted by atomic mass is 16.5. The normalized spacial score (nSPS) is 19.1.